The first-order chi connectivity index (χ1) is 13.7. The third-order valence-electron chi connectivity index (χ3n) is 4.98. The van der Waals surface area contributed by atoms with E-state index in [9.17, 15) is 4.79 Å². The van der Waals surface area contributed by atoms with Gasteiger partial charge in [-0.1, -0.05) is 25.5 Å². The zero-order chi connectivity index (χ0) is 19.5. The fraction of sp³-hybridized carbons (Fsp3) is 0.261. The molecule has 3 aromatic rings. The standard InChI is InChI=1S/C23H22N2O3/c1-2-3-4-19-14-24-21(18-9-10-20-17(13-18)11-12-28-20)22(25-19)15-5-7-16(8-6-15)23(26)27/h5-10,13-14H,2-4,11-12H2,1H3,(H,26,27). The molecule has 5 nitrogen and oxygen atoms in total. The van der Waals surface area contributed by atoms with Crippen molar-refractivity contribution in [1.82, 2.24) is 9.97 Å². The van der Waals surface area contributed by atoms with Gasteiger partial charge in [-0.15, -0.1) is 0 Å². The summed E-state index contributed by atoms with van der Waals surface area (Å²) in [6, 6.07) is 12.9. The van der Waals surface area contributed by atoms with Crippen molar-refractivity contribution in [2.75, 3.05) is 6.61 Å². The van der Waals surface area contributed by atoms with Crippen LogP contribution in [0.15, 0.2) is 48.7 Å². The molecular weight excluding hydrogens is 352 g/mol. The molecule has 0 spiro atoms. The molecule has 0 radical (unpaired) electrons. The highest BCUT2D eigenvalue weighted by Gasteiger charge is 2.17. The van der Waals surface area contributed by atoms with Gasteiger partial charge in [0.1, 0.15) is 5.75 Å². The van der Waals surface area contributed by atoms with E-state index in [1.165, 1.54) is 5.56 Å². The van der Waals surface area contributed by atoms with Gasteiger partial charge in [0, 0.05) is 23.7 Å². The Morgan fingerprint density at radius 1 is 1.11 bits per heavy atom. The lowest BCUT2D eigenvalue weighted by Gasteiger charge is -2.12. The van der Waals surface area contributed by atoms with Crippen LogP contribution in [0.5, 0.6) is 5.75 Å². The summed E-state index contributed by atoms with van der Waals surface area (Å²) in [5.74, 6) is -0.00295. The number of fused-ring (bicyclic) bond motifs is 1. The van der Waals surface area contributed by atoms with E-state index in [1.807, 2.05) is 18.3 Å². The molecule has 0 saturated heterocycles. The van der Waals surface area contributed by atoms with Gasteiger partial charge in [0.25, 0.3) is 0 Å². The first-order valence-corrected chi connectivity index (χ1v) is 9.61. The Kier molecular flexibility index (Phi) is 5.06. The summed E-state index contributed by atoms with van der Waals surface area (Å²) < 4.78 is 5.61. The maximum absolute atomic E-state index is 11.2. The van der Waals surface area contributed by atoms with Crippen LogP contribution in [0.3, 0.4) is 0 Å². The van der Waals surface area contributed by atoms with Gasteiger partial charge in [0.05, 0.1) is 29.3 Å². The molecule has 2 aromatic carbocycles. The molecule has 0 unspecified atom stereocenters. The van der Waals surface area contributed by atoms with Crippen LogP contribution in [-0.4, -0.2) is 27.7 Å². The highest BCUT2D eigenvalue weighted by Crippen LogP contribution is 2.34. The normalized spacial score (nSPS) is 12.5. The van der Waals surface area contributed by atoms with Crippen molar-refractivity contribution in [2.45, 2.75) is 32.6 Å². The average Bonchev–Trinajstić information content (AvgIpc) is 3.20. The molecule has 1 N–H and O–H groups in total. The lowest BCUT2D eigenvalue weighted by atomic mass is 10.00. The summed E-state index contributed by atoms with van der Waals surface area (Å²) in [4.78, 5) is 20.8. The number of aromatic nitrogens is 2. The number of benzene rings is 2. The third-order valence-corrected chi connectivity index (χ3v) is 4.98. The predicted octanol–water partition coefficient (Wildman–Crippen LogP) is 4.79. The second-order valence-corrected chi connectivity index (χ2v) is 6.97. The molecule has 0 atom stereocenters. The molecule has 0 aliphatic carbocycles. The predicted molar refractivity (Wildman–Crippen MR) is 108 cm³/mol. The number of aromatic carboxylic acids is 1. The van der Waals surface area contributed by atoms with Gasteiger partial charge in [-0.3, -0.25) is 4.98 Å². The van der Waals surface area contributed by atoms with Crippen LogP contribution in [0.25, 0.3) is 22.5 Å². The van der Waals surface area contributed by atoms with E-state index in [0.717, 1.165) is 59.6 Å². The summed E-state index contributed by atoms with van der Waals surface area (Å²) in [5.41, 5.74) is 5.84. The van der Waals surface area contributed by atoms with Crippen molar-refractivity contribution in [3.63, 3.8) is 0 Å². The van der Waals surface area contributed by atoms with Crippen molar-refractivity contribution in [2.24, 2.45) is 0 Å². The Bertz CT molecular complexity index is 1010. The van der Waals surface area contributed by atoms with Crippen LogP contribution in [0.2, 0.25) is 0 Å². The van der Waals surface area contributed by atoms with E-state index in [4.69, 9.17) is 19.8 Å². The SMILES string of the molecule is CCCCc1cnc(-c2ccc3c(c2)CCO3)c(-c2ccc(C(=O)O)cc2)n1. The first kappa shape index (κ1) is 18.2. The summed E-state index contributed by atoms with van der Waals surface area (Å²) in [6.45, 7) is 2.86. The largest absolute Gasteiger partial charge is 0.493 e. The van der Waals surface area contributed by atoms with Gasteiger partial charge in [0.2, 0.25) is 0 Å². The molecule has 4 rings (SSSR count). The minimum absolute atomic E-state index is 0.259. The minimum Gasteiger partial charge on any atom is -0.493 e. The fourth-order valence-corrected chi connectivity index (χ4v) is 3.42. The zero-order valence-corrected chi connectivity index (χ0v) is 15.8. The molecule has 0 amide bonds. The van der Waals surface area contributed by atoms with E-state index in [2.05, 4.69) is 13.0 Å². The molecule has 1 aliphatic rings. The average molecular weight is 374 g/mol. The van der Waals surface area contributed by atoms with E-state index < -0.39 is 5.97 Å². The number of hydrogen-bond acceptors (Lipinski definition) is 4. The quantitative estimate of drug-likeness (QED) is 0.672. The number of nitrogens with zero attached hydrogens (tertiary/aromatic N) is 2. The Morgan fingerprint density at radius 3 is 2.64 bits per heavy atom. The van der Waals surface area contributed by atoms with E-state index in [1.54, 1.807) is 24.3 Å². The minimum atomic E-state index is -0.937. The van der Waals surface area contributed by atoms with E-state index in [0.29, 0.717) is 6.61 Å². The smallest absolute Gasteiger partial charge is 0.335 e. The molecule has 142 valence electrons. The van der Waals surface area contributed by atoms with Crippen LogP contribution >= 0.6 is 0 Å². The van der Waals surface area contributed by atoms with Crippen LogP contribution < -0.4 is 4.74 Å². The van der Waals surface area contributed by atoms with Crippen LogP contribution in [0.1, 0.15) is 41.4 Å². The van der Waals surface area contributed by atoms with Gasteiger partial charge in [-0.05, 0) is 48.7 Å². The molecule has 0 bridgehead atoms. The third kappa shape index (κ3) is 3.60. The summed E-state index contributed by atoms with van der Waals surface area (Å²) in [5, 5.41) is 9.17. The Hall–Kier alpha value is -3.21. The van der Waals surface area contributed by atoms with Crippen molar-refractivity contribution in [3.8, 4) is 28.3 Å². The lowest BCUT2D eigenvalue weighted by molar-refractivity contribution is 0.0697. The van der Waals surface area contributed by atoms with E-state index >= 15 is 0 Å². The fourth-order valence-electron chi connectivity index (χ4n) is 3.42. The molecule has 2 heterocycles. The molecule has 1 aliphatic heterocycles. The molecule has 1 aromatic heterocycles. The van der Waals surface area contributed by atoms with Gasteiger partial charge < -0.3 is 9.84 Å². The van der Waals surface area contributed by atoms with Gasteiger partial charge in [-0.25, -0.2) is 9.78 Å². The molecule has 0 saturated carbocycles. The van der Waals surface area contributed by atoms with Gasteiger partial charge in [-0.2, -0.15) is 0 Å². The highest BCUT2D eigenvalue weighted by molar-refractivity contribution is 5.89. The number of aryl methyl sites for hydroxylation is 1. The second-order valence-electron chi connectivity index (χ2n) is 6.97. The Labute approximate surface area is 164 Å². The molecular formula is C23H22N2O3. The maximum Gasteiger partial charge on any atom is 0.335 e. The molecule has 5 heteroatoms. The van der Waals surface area contributed by atoms with Gasteiger partial charge >= 0.3 is 5.97 Å². The number of unbranched alkanes of at least 4 members (excludes halogenated alkanes) is 1. The second kappa shape index (κ2) is 7.80. The van der Waals surface area contributed by atoms with Crippen LogP contribution in [0, 0.1) is 0 Å². The van der Waals surface area contributed by atoms with Crippen LogP contribution in [0.4, 0.5) is 0 Å². The number of rotatable bonds is 6. The maximum atomic E-state index is 11.2. The number of hydrogen-bond donors (Lipinski definition) is 1. The Morgan fingerprint density at radius 2 is 1.89 bits per heavy atom. The van der Waals surface area contributed by atoms with Crippen molar-refractivity contribution >= 4 is 5.97 Å². The summed E-state index contributed by atoms with van der Waals surface area (Å²) in [7, 11) is 0. The molecule has 28 heavy (non-hydrogen) atoms. The topological polar surface area (TPSA) is 72.3 Å². The van der Waals surface area contributed by atoms with E-state index in [-0.39, 0.29) is 5.56 Å². The van der Waals surface area contributed by atoms with Crippen LogP contribution in [-0.2, 0) is 12.8 Å². The van der Waals surface area contributed by atoms with Crippen molar-refractivity contribution < 1.29 is 14.6 Å². The van der Waals surface area contributed by atoms with Gasteiger partial charge in [0.15, 0.2) is 0 Å². The van der Waals surface area contributed by atoms with Crippen molar-refractivity contribution in [1.29, 1.82) is 0 Å². The lowest BCUT2D eigenvalue weighted by Crippen LogP contribution is -2.00. The molecule has 0 fully saturated rings. The number of carboxylic acid groups (broad SMARTS) is 1. The summed E-state index contributed by atoms with van der Waals surface area (Å²) in [6.07, 6.45) is 5.78. The zero-order valence-electron chi connectivity index (χ0n) is 15.8. The Balaban J connectivity index is 1.80. The van der Waals surface area contributed by atoms with Crippen molar-refractivity contribution in [3.05, 3.63) is 65.5 Å². The summed E-state index contributed by atoms with van der Waals surface area (Å²) >= 11 is 0. The monoisotopic (exact) mass is 374 g/mol. The highest BCUT2D eigenvalue weighted by atomic mass is 16.5. The number of carboxylic acids is 1. The number of carbonyl (C=O) groups is 1. The first-order valence-electron chi connectivity index (χ1n) is 9.61. The number of ether oxygens (including phenoxy) is 1.